The molecule has 2 fully saturated rings. The Morgan fingerprint density at radius 3 is 2.50 bits per heavy atom. The van der Waals surface area contributed by atoms with E-state index in [1.165, 1.54) is 85.5 Å². The van der Waals surface area contributed by atoms with Crippen LogP contribution in [0, 0.1) is 11.8 Å². The zero-order valence-electron chi connectivity index (χ0n) is 18.4. The highest BCUT2D eigenvalue weighted by Gasteiger charge is 2.38. The lowest BCUT2D eigenvalue weighted by molar-refractivity contribution is -0.439. The zero-order chi connectivity index (χ0) is 20.3. The SMILES string of the molecule is C=CCC1C(/C=C/C2CCCC2)=[N+](CCC2CCCC2)c2ccc3ccccc3c21. The van der Waals surface area contributed by atoms with Crippen molar-refractivity contribution in [2.24, 2.45) is 11.8 Å². The van der Waals surface area contributed by atoms with Crippen molar-refractivity contribution in [3.05, 3.63) is 66.8 Å². The van der Waals surface area contributed by atoms with Crippen LogP contribution in [0.3, 0.4) is 0 Å². The second-order valence-corrected chi connectivity index (χ2v) is 9.72. The minimum Gasteiger partial charge on any atom is -0.195 e. The monoisotopic (exact) mass is 398 g/mol. The molecule has 0 radical (unpaired) electrons. The molecule has 30 heavy (non-hydrogen) atoms. The summed E-state index contributed by atoms with van der Waals surface area (Å²) in [5, 5.41) is 2.79. The minimum absolute atomic E-state index is 0.435. The van der Waals surface area contributed by atoms with Gasteiger partial charge in [-0.3, -0.25) is 0 Å². The van der Waals surface area contributed by atoms with E-state index in [4.69, 9.17) is 0 Å². The van der Waals surface area contributed by atoms with Crippen molar-refractivity contribution >= 4 is 22.2 Å². The largest absolute Gasteiger partial charge is 0.210 e. The molecule has 1 nitrogen and oxygen atoms in total. The maximum absolute atomic E-state index is 4.13. The van der Waals surface area contributed by atoms with Crippen molar-refractivity contribution < 1.29 is 4.58 Å². The number of allylic oxidation sites excluding steroid dienone is 3. The Balaban J connectivity index is 1.56. The van der Waals surface area contributed by atoms with Crippen molar-refractivity contribution in [3.8, 4) is 0 Å². The lowest BCUT2D eigenvalue weighted by Crippen LogP contribution is -2.17. The van der Waals surface area contributed by atoms with E-state index in [-0.39, 0.29) is 0 Å². The van der Waals surface area contributed by atoms with Gasteiger partial charge in [-0.05, 0) is 47.9 Å². The highest BCUT2D eigenvalue weighted by Crippen LogP contribution is 2.43. The van der Waals surface area contributed by atoms with E-state index in [0.29, 0.717) is 5.92 Å². The van der Waals surface area contributed by atoms with Crippen LogP contribution in [0.1, 0.15) is 75.7 Å². The average Bonchev–Trinajstić information content (AvgIpc) is 3.52. The van der Waals surface area contributed by atoms with Gasteiger partial charge in [0.2, 0.25) is 5.69 Å². The normalized spacial score (nSPS) is 22.6. The summed E-state index contributed by atoms with van der Waals surface area (Å²) in [6, 6.07) is 13.7. The molecule has 0 amide bonds. The molecule has 1 aliphatic heterocycles. The Hall–Kier alpha value is -2.15. The highest BCUT2D eigenvalue weighted by atomic mass is 15.0. The third-order valence-corrected chi connectivity index (χ3v) is 7.83. The van der Waals surface area contributed by atoms with Gasteiger partial charge in [-0.2, -0.15) is 4.58 Å². The topological polar surface area (TPSA) is 3.01 Å². The van der Waals surface area contributed by atoms with Crippen molar-refractivity contribution in [1.82, 2.24) is 0 Å². The van der Waals surface area contributed by atoms with Crippen LogP contribution in [-0.4, -0.2) is 16.8 Å². The van der Waals surface area contributed by atoms with Crippen LogP contribution in [-0.2, 0) is 0 Å². The highest BCUT2D eigenvalue weighted by molar-refractivity contribution is 6.05. The molecule has 1 heterocycles. The molecule has 2 aromatic carbocycles. The number of rotatable bonds is 7. The first-order valence-electron chi connectivity index (χ1n) is 12.3. The summed E-state index contributed by atoms with van der Waals surface area (Å²) in [5.74, 6) is 2.14. The zero-order valence-corrected chi connectivity index (χ0v) is 18.4. The molecule has 0 N–H and O–H groups in total. The van der Waals surface area contributed by atoms with E-state index in [1.807, 2.05) is 0 Å². The van der Waals surface area contributed by atoms with Gasteiger partial charge >= 0.3 is 0 Å². The molecule has 1 unspecified atom stereocenters. The van der Waals surface area contributed by atoms with Gasteiger partial charge in [0, 0.05) is 24.1 Å². The van der Waals surface area contributed by atoms with E-state index in [9.17, 15) is 0 Å². The van der Waals surface area contributed by atoms with Crippen LogP contribution in [0.5, 0.6) is 0 Å². The van der Waals surface area contributed by atoms with Crippen molar-refractivity contribution in [3.63, 3.8) is 0 Å². The van der Waals surface area contributed by atoms with E-state index >= 15 is 0 Å². The van der Waals surface area contributed by atoms with Gasteiger partial charge in [0.15, 0.2) is 5.71 Å². The summed E-state index contributed by atoms with van der Waals surface area (Å²) in [5.41, 5.74) is 4.50. The summed E-state index contributed by atoms with van der Waals surface area (Å²) in [7, 11) is 0. The molecule has 0 bridgehead atoms. The van der Waals surface area contributed by atoms with Gasteiger partial charge in [0.05, 0.1) is 5.92 Å². The molecule has 1 atom stereocenters. The molecule has 2 aromatic rings. The number of fused-ring (bicyclic) bond motifs is 3. The standard InChI is InChI=1S/C29H36N/c1-2-9-26-27(18-16-22-10-3-4-11-22)30(21-20-23-12-5-6-13-23)28-19-17-24-14-7-8-15-25(24)29(26)28/h2,7-8,14-19,22-23,26H,1,3-6,9-13,20-21H2/q+1/b18-16+. The lowest BCUT2D eigenvalue weighted by Gasteiger charge is -2.09. The fraction of sp³-hybridized carbons (Fsp3) is 0.483. The van der Waals surface area contributed by atoms with Crippen molar-refractivity contribution in [1.29, 1.82) is 0 Å². The molecule has 0 aromatic heterocycles. The Labute approximate surface area is 182 Å². The molecule has 156 valence electrons. The molecule has 2 saturated carbocycles. The predicted molar refractivity (Wildman–Crippen MR) is 129 cm³/mol. The number of hydrogen-bond acceptors (Lipinski definition) is 0. The van der Waals surface area contributed by atoms with Crippen LogP contribution >= 0.6 is 0 Å². The lowest BCUT2D eigenvalue weighted by atomic mass is 9.88. The summed E-state index contributed by atoms with van der Waals surface area (Å²) in [6.07, 6.45) is 20.8. The molecular formula is C29H36N+. The fourth-order valence-corrected chi connectivity index (χ4v) is 6.22. The Bertz CT molecular complexity index is 967. The van der Waals surface area contributed by atoms with Crippen LogP contribution in [0.4, 0.5) is 5.69 Å². The van der Waals surface area contributed by atoms with Crippen LogP contribution in [0.2, 0.25) is 0 Å². The summed E-state index contributed by atoms with van der Waals surface area (Å²) in [6.45, 7) is 5.29. The molecule has 1 heteroatoms. The van der Waals surface area contributed by atoms with Gasteiger partial charge in [-0.25, -0.2) is 0 Å². The molecule has 2 aliphatic carbocycles. The Morgan fingerprint density at radius 2 is 1.70 bits per heavy atom. The van der Waals surface area contributed by atoms with Gasteiger partial charge in [-0.1, -0.05) is 74.9 Å². The fourth-order valence-electron chi connectivity index (χ4n) is 6.22. The molecule has 0 saturated heterocycles. The van der Waals surface area contributed by atoms with E-state index in [1.54, 1.807) is 0 Å². The number of benzene rings is 2. The van der Waals surface area contributed by atoms with Gasteiger partial charge in [-0.15, -0.1) is 6.58 Å². The molecule has 5 rings (SSSR count). The minimum atomic E-state index is 0.435. The Kier molecular flexibility index (Phi) is 5.88. The second-order valence-electron chi connectivity index (χ2n) is 9.72. The summed E-state index contributed by atoms with van der Waals surface area (Å²) < 4.78 is 2.68. The Morgan fingerprint density at radius 1 is 0.933 bits per heavy atom. The maximum atomic E-state index is 4.13. The first-order valence-corrected chi connectivity index (χ1v) is 12.3. The van der Waals surface area contributed by atoms with E-state index in [2.05, 4.69) is 65.8 Å². The average molecular weight is 399 g/mol. The third-order valence-electron chi connectivity index (χ3n) is 7.83. The molecule has 3 aliphatic rings. The smallest absolute Gasteiger partial charge is 0.195 e. The van der Waals surface area contributed by atoms with Gasteiger partial charge in [0.1, 0.15) is 6.54 Å². The van der Waals surface area contributed by atoms with Crippen molar-refractivity contribution in [2.75, 3.05) is 6.54 Å². The number of hydrogen-bond donors (Lipinski definition) is 0. The number of nitrogens with zero attached hydrogens (tertiary/aromatic N) is 1. The summed E-state index contributed by atoms with van der Waals surface area (Å²) >= 11 is 0. The maximum Gasteiger partial charge on any atom is 0.210 e. The van der Waals surface area contributed by atoms with E-state index < -0.39 is 0 Å². The van der Waals surface area contributed by atoms with Crippen LogP contribution in [0.15, 0.2) is 61.2 Å². The summed E-state index contributed by atoms with van der Waals surface area (Å²) in [4.78, 5) is 0. The molecular weight excluding hydrogens is 362 g/mol. The third kappa shape index (κ3) is 3.80. The van der Waals surface area contributed by atoms with Crippen LogP contribution in [0.25, 0.3) is 10.8 Å². The van der Waals surface area contributed by atoms with Gasteiger partial charge in [0.25, 0.3) is 0 Å². The van der Waals surface area contributed by atoms with E-state index in [0.717, 1.165) is 24.8 Å². The quantitative estimate of drug-likeness (QED) is 0.329. The van der Waals surface area contributed by atoms with Crippen LogP contribution < -0.4 is 0 Å². The second kappa shape index (κ2) is 8.92. The van der Waals surface area contributed by atoms with Gasteiger partial charge < -0.3 is 0 Å². The first-order chi connectivity index (χ1) is 14.8. The first kappa shape index (κ1) is 19.8. The van der Waals surface area contributed by atoms with Crippen molar-refractivity contribution in [2.45, 2.75) is 70.1 Å². The molecule has 0 spiro atoms. The predicted octanol–water partition coefficient (Wildman–Crippen LogP) is 7.92.